The number of pyridine rings is 2. The van der Waals surface area contributed by atoms with E-state index in [0.717, 1.165) is 11.4 Å². The fourth-order valence-corrected chi connectivity index (χ4v) is 5.12. The van der Waals surface area contributed by atoms with Crippen molar-refractivity contribution in [1.82, 2.24) is 9.97 Å². The van der Waals surface area contributed by atoms with E-state index in [1.807, 2.05) is 0 Å². The van der Waals surface area contributed by atoms with Crippen molar-refractivity contribution < 1.29 is 46.4 Å². The molecule has 0 spiro atoms. The fraction of sp³-hybridized carbons (Fsp3) is 0.375. The van der Waals surface area contributed by atoms with Gasteiger partial charge in [-0.05, 0) is 53.7 Å². The van der Waals surface area contributed by atoms with Crippen LogP contribution in [0.1, 0.15) is 33.9 Å². The maximum atomic E-state index is 9.87. The van der Waals surface area contributed by atoms with E-state index in [1.165, 1.54) is 29.7 Å². The Morgan fingerprint density at radius 3 is 1.15 bits per heavy atom. The van der Waals surface area contributed by atoms with Crippen LogP contribution in [-0.4, -0.2) is 9.97 Å². The monoisotopic (exact) mass is 512 g/mol. The molecule has 10 heteroatoms. The number of hydrogen-bond acceptors (Lipinski definition) is 2. The van der Waals surface area contributed by atoms with Crippen molar-refractivity contribution in [3.63, 3.8) is 0 Å². The topological polar surface area (TPSA) is 25.8 Å². The van der Waals surface area contributed by atoms with Crippen LogP contribution >= 0.6 is 7.81 Å². The molecule has 0 fully saturated rings. The van der Waals surface area contributed by atoms with Crippen LogP contribution in [0.2, 0.25) is 0 Å². The predicted octanol–water partition coefficient (Wildman–Crippen LogP) is 3.84. The summed E-state index contributed by atoms with van der Waals surface area (Å²) in [5, 5.41) is 0. The molecule has 0 aromatic carbocycles. The molecular weight excluding hydrogens is 492 g/mol. The molecule has 2 nitrogen and oxygen atoms in total. The minimum atomic E-state index is -10.7. The molecule has 2 rings (SSSR count). The van der Waals surface area contributed by atoms with Crippen LogP contribution in [-0.2, 0) is 0 Å². The Morgan fingerprint density at radius 1 is 0.654 bits per heavy atom. The van der Waals surface area contributed by atoms with Crippen LogP contribution in [0.25, 0.3) is 0 Å². The number of hydrogen-bond donors (Lipinski definition) is 0. The molecule has 2 heterocycles. The number of aromatic nitrogens is 2. The Labute approximate surface area is 158 Å². The van der Waals surface area contributed by atoms with Crippen molar-refractivity contribution in [2.75, 3.05) is 0 Å². The van der Waals surface area contributed by atoms with Crippen LogP contribution in [0.5, 0.6) is 0 Å². The van der Waals surface area contributed by atoms with Crippen LogP contribution in [0.3, 0.4) is 0 Å². The molecule has 148 valence electrons. The molecule has 0 aliphatic rings. The van der Waals surface area contributed by atoms with Gasteiger partial charge in [0.2, 0.25) is 7.14 Å². The molecule has 0 bridgehead atoms. The molecule has 0 aliphatic heterocycles. The average molecular weight is 512 g/mol. The second-order valence-corrected chi connectivity index (χ2v) is 10.6. The van der Waals surface area contributed by atoms with Crippen LogP contribution in [0, 0.1) is 48.7 Å². The molecule has 0 unspecified atom stereocenters. The molecule has 0 N–H and O–H groups in total. The van der Waals surface area contributed by atoms with E-state index in [1.54, 1.807) is 0 Å². The van der Waals surface area contributed by atoms with Crippen molar-refractivity contribution in [2.24, 2.45) is 0 Å². The van der Waals surface area contributed by atoms with Crippen LogP contribution in [0.15, 0.2) is 12.1 Å². The van der Waals surface area contributed by atoms with Gasteiger partial charge in [0.05, 0.1) is 11.4 Å². The van der Waals surface area contributed by atoms with Gasteiger partial charge in [0.25, 0.3) is 0 Å². The molecule has 0 saturated heterocycles. The molecule has 2 aromatic rings. The van der Waals surface area contributed by atoms with Gasteiger partial charge in [-0.3, -0.25) is 9.97 Å². The number of halogens is 7. The summed E-state index contributed by atoms with van der Waals surface area (Å²) in [7, 11) is -10.7. The Balaban J connectivity index is 0.000000412. The standard InChI is InChI=1S/C16H20IN2.F6P/c1-9-7-11(3)18-13(5)15(9)17-16-10(2)8-12(4)19-14(16)6;1-7(2,3,4,5)6/h7-8H,1-6H3;/q+1;-1. The summed E-state index contributed by atoms with van der Waals surface area (Å²) in [4.78, 5) is 9.23. The molecular formula is C16H20F6IN2P. The van der Waals surface area contributed by atoms with Crippen molar-refractivity contribution in [3.05, 3.63) is 53.2 Å². The van der Waals surface area contributed by atoms with Gasteiger partial charge in [0.1, 0.15) is 0 Å². The van der Waals surface area contributed by atoms with Crippen LogP contribution < -0.4 is 21.2 Å². The summed E-state index contributed by atoms with van der Waals surface area (Å²) in [5.41, 5.74) is 7.33. The Hall–Kier alpha value is -0.960. The number of aryl methyl sites for hydroxylation is 6. The third kappa shape index (κ3) is 9.12. The normalized spacial score (nSPS) is 14.2. The fourth-order valence-electron chi connectivity index (χ4n) is 2.40. The minimum absolute atomic E-state index is 0.209. The summed E-state index contributed by atoms with van der Waals surface area (Å²) in [6.07, 6.45) is 0. The first kappa shape index (κ1) is 23.1. The van der Waals surface area contributed by atoms with Crippen molar-refractivity contribution >= 4 is 7.81 Å². The third-order valence-electron chi connectivity index (χ3n) is 3.06. The molecule has 0 saturated carbocycles. The Morgan fingerprint density at radius 2 is 0.923 bits per heavy atom. The van der Waals surface area contributed by atoms with Gasteiger partial charge in [0.15, 0.2) is 0 Å². The summed E-state index contributed by atoms with van der Waals surface area (Å²) >= 11 is -0.209. The van der Waals surface area contributed by atoms with Gasteiger partial charge in [-0.15, -0.1) is 0 Å². The SMILES string of the molecule is Cc1cc(C)c([I+]c2c(C)cc(C)nc2C)c(C)n1.F[P-](F)(F)(F)(F)F. The Kier molecular flexibility index (Phi) is 6.12. The van der Waals surface area contributed by atoms with E-state index in [0.29, 0.717) is 0 Å². The second kappa shape index (κ2) is 6.89. The first-order chi connectivity index (χ1) is 11.3. The molecule has 0 amide bonds. The number of rotatable bonds is 2. The number of nitrogens with zero attached hydrogens (tertiary/aromatic N) is 2. The predicted molar refractivity (Wildman–Crippen MR) is 87.9 cm³/mol. The van der Waals surface area contributed by atoms with Gasteiger partial charge in [-0.25, -0.2) is 0 Å². The molecule has 0 atom stereocenters. The first-order valence-electron chi connectivity index (χ1n) is 7.44. The van der Waals surface area contributed by atoms with E-state index in [2.05, 4.69) is 63.6 Å². The van der Waals surface area contributed by atoms with Crippen LogP contribution in [0.4, 0.5) is 25.2 Å². The zero-order chi connectivity index (χ0) is 20.6. The molecule has 0 aliphatic carbocycles. The van der Waals surface area contributed by atoms with Crippen molar-refractivity contribution in [1.29, 1.82) is 0 Å². The van der Waals surface area contributed by atoms with E-state index >= 15 is 0 Å². The Bertz CT molecular complexity index is 722. The van der Waals surface area contributed by atoms with Gasteiger partial charge in [0, 0.05) is 22.5 Å². The maximum absolute atomic E-state index is 10.7. The summed E-state index contributed by atoms with van der Waals surface area (Å²) in [5.74, 6) is 0. The zero-order valence-electron chi connectivity index (χ0n) is 15.1. The van der Waals surface area contributed by atoms with E-state index < -0.39 is 7.81 Å². The van der Waals surface area contributed by atoms with Crippen molar-refractivity contribution in [2.45, 2.75) is 41.5 Å². The van der Waals surface area contributed by atoms with Gasteiger partial charge in [-0.1, -0.05) is 0 Å². The van der Waals surface area contributed by atoms with Gasteiger partial charge in [-0.2, -0.15) is 0 Å². The molecule has 2 aromatic heterocycles. The molecule has 26 heavy (non-hydrogen) atoms. The van der Waals surface area contributed by atoms with Gasteiger partial charge < -0.3 is 0 Å². The second-order valence-electron chi connectivity index (χ2n) is 6.01. The van der Waals surface area contributed by atoms with Crippen molar-refractivity contribution in [3.8, 4) is 0 Å². The average Bonchev–Trinajstić information content (AvgIpc) is 2.31. The third-order valence-corrected chi connectivity index (χ3v) is 7.40. The van der Waals surface area contributed by atoms with E-state index in [4.69, 9.17) is 0 Å². The van der Waals surface area contributed by atoms with E-state index in [-0.39, 0.29) is 21.2 Å². The van der Waals surface area contributed by atoms with Gasteiger partial charge >= 0.3 is 54.2 Å². The van der Waals surface area contributed by atoms with E-state index in [9.17, 15) is 25.2 Å². The first-order valence-corrected chi connectivity index (χ1v) is 11.6. The zero-order valence-corrected chi connectivity index (χ0v) is 18.2. The molecule has 0 radical (unpaired) electrons. The summed E-state index contributed by atoms with van der Waals surface area (Å²) < 4.78 is 62.1. The summed E-state index contributed by atoms with van der Waals surface area (Å²) in [6, 6.07) is 4.38. The summed E-state index contributed by atoms with van der Waals surface area (Å²) in [6.45, 7) is 12.8. The quantitative estimate of drug-likeness (QED) is 0.348.